The summed E-state index contributed by atoms with van der Waals surface area (Å²) in [6.45, 7) is 0.318. The van der Waals surface area contributed by atoms with Crippen LogP contribution in [0.1, 0.15) is 11.1 Å². The molecule has 0 atom stereocenters. The van der Waals surface area contributed by atoms with Gasteiger partial charge in [-0.3, -0.25) is 0 Å². The molecule has 5 heteroatoms. The number of rotatable bonds is 2. The zero-order chi connectivity index (χ0) is 13.4. The van der Waals surface area contributed by atoms with Gasteiger partial charge in [0.2, 0.25) is 0 Å². The van der Waals surface area contributed by atoms with Crippen LogP contribution in [-0.4, -0.2) is 12.0 Å². The highest BCUT2D eigenvalue weighted by molar-refractivity contribution is 6.81. The maximum absolute atomic E-state index is 9.46. The number of aliphatic hydroxyl groups is 1. The molecule has 1 N–H and O–H groups in total. The first-order valence-electron chi connectivity index (χ1n) is 5.98. The second-order valence-corrected chi connectivity index (χ2v) is 5.41. The van der Waals surface area contributed by atoms with Gasteiger partial charge in [0, 0.05) is 10.0 Å². The van der Waals surface area contributed by atoms with Gasteiger partial charge < -0.3 is 9.76 Å². The van der Waals surface area contributed by atoms with E-state index in [0.717, 1.165) is 22.1 Å². The molecule has 2 aromatic rings. The van der Waals surface area contributed by atoms with Gasteiger partial charge in [0.1, 0.15) is 0 Å². The van der Waals surface area contributed by atoms with E-state index in [4.69, 9.17) is 27.9 Å². The number of hydrogen-bond donors (Lipinski definition) is 1. The second kappa shape index (κ2) is 5.18. The minimum absolute atomic E-state index is 0.0569. The summed E-state index contributed by atoms with van der Waals surface area (Å²) in [7, 11) is 0. The van der Waals surface area contributed by atoms with Crippen molar-refractivity contribution in [1.29, 1.82) is 0 Å². The molecule has 3 rings (SSSR count). The Morgan fingerprint density at radius 2 is 1.74 bits per heavy atom. The minimum atomic E-state index is -0.160. The van der Waals surface area contributed by atoms with E-state index < -0.39 is 0 Å². The lowest BCUT2D eigenvalue weighted by Gasteiger charge is -2.12. The predicted molar refractivity (Wildman–Crippen MR) is 78.6 cm³/mol. The molecule has 0 saturated heterocycles. The van der Waals surface area contributed by atoms with Crippen LogP contribution in [0.2, 0.25) is 10.0 Å². The minimum Gasteiger partial charge on any atom is -0.423 e. The van der Waals surface area contributed by atoms with Crippen LogP contribution in [-0.2, 0) is 17.9 Å². The third-order valence-electron chi connectivity index (χ3n) is 3.35. The molecule has 1 aliphatic heterocycles. The van der Waals surface area contributed by atoms with Crippen molar-refractivity contribution >= 4 is 41.0 Å². The normalized spacial score (nSPS) is 13.7. The molecule has 0 aromatic heterocycles. The van der Waals surface area contributed by atoms with Crippen LogP contribution < -0.4 is 10.9 Å². The zero-order valence-corrected chi connectivity index (χ0v) is 11.6. The highest BCUT2D eigenvalue weighted by atomic mass is 35.5. The molecule has 2 aromatic carbocycles. The standard InChI is InChI=1S/C14H11BCl2O2/c16-11-1-3-13(9(5-11)7-18)15-14-4-2-12(17)6-10(14)8-19-15/h1-6,18H,7-8H2. The molecule has 0 spiro atoms. The van der Waals surface area contributed by atoms with Crippen LogP contribution in [0.5, 0.6) is 0 Å². The average Bonchev–Trinajstić information content (AvgIpc) is 2.81. The van der Waals surface area contributed by atoms with Crippen LogP contribution in [0, 0.1) is 0 Å². The maximum atomic E-state index is 9.46. The highest BCUT2D eigenvalue weighted by Gasteiger charge is 2.31. The van der Waals surface area contributed by atoms with Crippen molar-refractivity contribution in [2.75, 3.05) is 0 Å². The summed E-state index contributed by atoms with van der Waals surface area (Å²) in [5.74, 6) is 0. The van der Waals surface area contributed by atoms with Crippen molar-refractivity contribution in [3.05, 3.63) is 57.6 Å². The average molecular weight is 293 g/mol. The molecule has 96 valence electrons. The summed E-state index contributed by atoms with van der Waals surface area (Å²) in [4.78, 5) is 0. The van der Waals surface area contributed by atoms with Gasteiger partial charge in [0.25, 0.3) is 0 Å². The molecule has 0 bridgehead atoms. The van der Waals surface area contributed by atoms with Gasteiger partial charge in [-0.2, -0.15) is 0 Å². The Morgan fingerprint density at radius 3 is 2.47 bits per heavy atom. The highest BCUT2D eigenvalue weighted by Crippen LogP contribution is 2.18. The van der Waals surface area contributed by atoms with E-state index in [-0.39, 0.29) is 13.5 Å². The summed E-state index contributed by atoms with van der Waals surface area (Å²) in [5.41, 5.74) is 3.94. The van der Waals surface area contributed by atoms with Gasteiger partial charge in [-0.1, -0.05) is 35.3 Å². The molecular weight excluding hydrogens is 282 g/mol. The third kappa shape index (κ3) is 2.39. The molecule has 0 radical (unpaired) electrons. The van der Waals surface area contributed by atoms with Crippen LogP contribution in [0.3, 0.4) is 0 Å². The Bertz CT molecular complexity index is 631. The molecule has 1 aliphatic rings. The summed E-state index contributed by atoms with van der Waals surface area (Å²) < 4.78 is 5.83. The van der Waals surface area contributed by atoms with Gasteiger partial charge >= 0.3 is 6.92 Å². The smallest absolute Gasteiger partial charge is 0.362 e. The van der Waals surface area contributed by atoms with Crippen molar-refractivity contribution in [3.8, 4) is 0 Å². The Labute approximate surface area is 122 Å². The number of halogens is 2. The topological polar surface area (TPSA) is 29.5 Å². The fraction of sp³-hybridized carbons (Fsp3) is 0.143. The maximum Gasteiger partial charge on any atom is 0.362 e. The van der Waals surface area contributed by atoms with E-state index >= 15 is 0 Å². The molecule has 2 nitrogen and oxygen atoms in total. The molecule has 0 fully saturated rings. The largest absolute Gasteiger partial charge is 0.423 e. The van der Waals surface area contributed by atoms with Crippen molar-refractivity contribution in [1.82, 2.24) is 0 Å². The lowest BCUT2D eigenvalue weighted by Crippen LogP contribution is -2.43. The SMILES string of the molecule is OCc1cc(Cl)ccc1B1OCc2cc(Cl)ccc21. The van der Waals surface area contributed by atoms with E-state index in [1.807, 2.05) is 30.3 Å². The first-order valence-corrected chi connectivity index (χ1v) is 6.74. The number of aliphatic hydroxyl groups excluding tert-OH is 1. The Kier molecular flexibility index (Phi) is 3.55. The van der Waals surface area contributed by atoms with Crippen LogP contribution in [0.25, 0.3) is 0 Å². The summed E-state index contributed by atoms with van der Waals surface area (Å²) >= 11 is 11.9. The lowest BCUT2D eigenvalue weighted by atomic mass is 9.54. The van der Waals surface area contributed by atoms with E-state index in [9.17, 15) is 5.11 Å². The van der Waals surface area contributed by atoms with Crippen LogP contribution in [0.15, 0.2) is 36.4 Å². The van der Waals surface area contributed by atoms with E-state index in [1.54, 1.807) is 6.07 Å². The first kappa shape index (κ1) is 13.0. The van der Waals surface area contributed by atoms with Crippen molar-refractivity contribution in [3.63, 3.8) is 0 Å². The monoisotopic (exact) mass is 292 g/mol. The van der Waals surface area contributed by atoms with Crippen LogP contribution >= 0.6 is 23.2 Å². The third-order valence-corrected chi connectivity index (χ3v) is 3.82. The molecule has 0 amide bonds. The van der Waals surface area contributed by atoms with Gasteiger partial charge in [-0.05, 0) is 46.3 Å². The molecule has 0 aliphatic carbocycles. The van der Waals surface area contributed by atoms with Crippen molar-refractivity contribution in [2.24, 2.45) is 0 Å². The molecule has 19 heavy (non-hydrogen) atoms. The van der Waals surface area contributed by atoms with Crippen molar-refractivity contribution < 1.29 is 9.76 Å². The number of benzene rings is 2. The Morgan fingerprint density at radius 1 is 1.05 bits per heavy atom. The molecular formula is C14H11BCl2O2. The fourth-order valence-electron chi connectivity index (χ4n) is 2.44. The quantitative estimate of drug-likeness (QED) is 0.859. The lowest BCUT2D eigenvalue weighted by molar-refractivity contribution is 0.282. The molecule has 0 saturated carbocycles. The van der Waals surface area contributed by atoms with Gasteiger partial charge in [0.05, 0.1) is 13.2 Å². The van der Waals surface area contributed by atoms with Crippen molar-refractivity contribution in [2.45, 2.75) is 13.2 Å². The van der Waals surface area contributed by atoms with Gasteiger partial charge in [0.15, 0.2) is 0 Å². The Balaban J connectivity index is 2.06. The fourth-order valence-corrected chi connectivity index (χ4v) is 2.83. The Hall–Kier alpha value is -0.995. The van der Waals surface area contributed by atoms with Gasteiger partial charge in [-0.25, -0.2) is 0 Å². The second-order valence-electron chi connectivity index (χ2n) is 4.54. The predicted octanol–water partition coefficient (Wildman–Crippen LogP) is 2.12. The zero-order valence-electron chi connectivity index (χ0n) is 10.1. The van der Waals surface area contributed by atoms with E-state index in [1.165, 1.54) is 0 Å². The summed E-state index contributed by atoms with van der Waals surface area (Å²) in [6.07, 6.45) is 0. The first-order chi connectivity index (χ1) is 9.19. The molecule has 1 heterocycles. The number of fused-ring (bicyclic) bond motifs is 1. The van der Waals surface area contributed by atoms with E-state index in [0.29, 0.717) is 16.7 Å². The van der Waals surface area contributed by atoms with Gasteiger partial charge in [-0.15, -0.1) is 0 Å². The molecule has 0 unspecified atom stereocenters. The summed E-state index contributed by atoms with van der Waals surface area (Å²) in [6, 6.07) is 11.2. The summed E-state index contributed by atoms with van der Waals surface area (Å²) in [5, 5.41) is 10.8. The van der Waals surface area contributed by atoms with E-state index in [2.05, 4.69) is 0 Å². The number of hydrogen-bond acceptors (Lipinski definition) is 2. The van der Waals surface area contributed by atoms with Crippen LogP contribution in [0.4, 0.5) is 0 Å².